The number of sulfone groups is 1. The van der Waals surface area contributed by atoms with Crippen molar-refractivity contribution in [2.24, 2.45) is 0 Å². The van der Waals surface area contributed by atoms with Crippen molar-refractivity contribution >= 4 is 9.84 Å². The minimum atomic E-state index is -3.81. The molecular weight excluding hydrogens is 320 g/mol. The minimum absolute atomic E-state index is 0.0601. The van der Waals surface area contributed by atoms with Crippen LogP contribution in [0.1, 0.15) is 37.2 Å². The Kier molecular flexibility index (Phi) is 4.19. The van der Waals surface area contributed by atoms with Crippen LogP contribution in [0.4, 0.5) is 8.78 Å². The second-order valence-corrected chi connectivity index (χ2v) is 7.96. The van der Waals surface area contributed by atoms with Gasteiger partial charge in [-0.3, -0.25) is 4.98 Å². The lowest BCUT2D eigenvalue weighted by molar-refractivity contribution is 0.557. The van der Waals surface area contributed by atoms with Gasteiger partial charge in [-0.25, -0.2) is 17.2 Å². The summed E-state index contributed by atoms with van der Waals surface area (Å²) in [6.45, 7) is 0. The van der Waals surface area contributed by atoms with Gasteiger partial charge in [-0.15, -0.1) is 0 Å². The van der Waals surface area contributed by atoms with Gasteiger partial charge < -0.3 is 0 Å². The smallest absolute Gasteiger partial charge is 0.178 e. The third-order valence-electron chi connectivity index (χ3n) is 4.36. The normalized spacial score (nSPS) is 16.0. The van der Waals surface area contributed by atoms with E-state index in [2.05, 4.69) is 4.98 Å². The molecule has 6 heteroatoms. The van der Waals surface area contributed by atoms with Crippen molar-refractivity contribution < 1.29 is 17.2 Å². The van der Waals surface area contributed by atoms with Crippen LogP contribution in [-0.2, 0) is 9.84 Å². The molecule has 0 spiro atoms. The number of aromatic nitrogens is 1. The van der Waals surface area contributed by atoms with Crippen molar-refractivity contribution in [3.05, 3.63) is 47.8 Å². The first kappa shape index (κ1) is 16.1. The number of nitrogens with zero attached hydrogens (tertiary/aromatic N) is 1. The zero-order valence-electron chi connectivity index (χ0n) is 12.7. The van der Waals surface area contributed by atoms with Gasteiger partial charge in [-0.05, 0) is 42.5 Å². The summed E-state index contributed by atoms with van der Waals surface area (Å²) < 4.78 is 51.6. The highest BCUT2D eigenvalue weighted by atomic mass is 32.2. The molecule has 1 fully saturated rings. The molecule has 1 aromatic carbocycles. The molecule has 1 aliphatic rings. The lowest BCUT2D eigenvalue weighted by atomic mass is 9.91. The molecule has 0 unspecified atom stereocenters. The standard InChI is InChI=1S/C17H17F2NO2S/c1-23(21,22)17-9-15(18)13(8-16(17)19)14-10-20-7-6-12(14)11-4-2-3-5-11/h6-11H,2-5H2,1H3. The Morgan fingerprint density at radius 2 is 1.78 bits per heavy atom. The highest BCUT2D eigenvalue weighted by Crippen LogP contribution is 2.40. The second kappa shape index (κ2) is 6.00. The van der Waals surface area contributed by atoms with Gasteiger partial charge in [0.05, 0.1) is 0 Å². The van der Waals surface area contributed by atoms with Gasteiger partial charge in [0.1, 0.15) is 16.5 Å². The quantitative estimate of drug-likeness (QED) is 0.847. The molecule has 0 radical (unpaired) electrons. The van der Waals surface area contributed by atoms with Crippen molar-refractivity contribution in [2.75, 3.05) is 6.26 Å². The topological polar surface area (TPSA) is 47.0 Å². The van der Waals surface area contributed by atoms with E-state index in [4.69, 9.17) is 0 Å². The van der Waals surface area contributed by atoms with Gasteiger partial charge in [0.15, 0.2) is 9.84 Å². The van der Waals surface area contributed by atoms with Crippen LogP contribution in [0.25, 0.3) is 11.1 Å². The van der Waals surface area contributed by atoms with Gasteiger partial charge in [-0.2, -0.15) is 0 Å². The Hall–Kier alpha value is -1.82. The van der Waals surface area contributed by atoms with E-state index in [1.54, 1.807) is 6.20 Å². The Labute approximate surface area is 134 Å². The van der Waals surface area contributed by atoms with Crippen LogP contribution < -0.4 is 0 Å². The molecule has 23 heavy (non-hydrogen) atoms. The van der Waals surface area contributed by atoms with E-state index in [0.717, 1.165) is 49.6 Å². The van der Waals surface area contributed by atoms with Crippen LogP contribution in [0.15, 0.2) is 35.5 Å². The van der Waals surface area contributed by atoms with Crippen LogP contribution in [-0.4, -0.2) is 19.7 Å². The molecule has 1 aromatic heterocycles. The molecule has 0 N–H and O–H groups in total. The van der Waals surface area contributed by atoms with E-state index in [0.29, 0.717) is 11.5 Å². The number of benzene rings is 1. The van der Waals surface area contributed by atoms with E-state index in [1.165, 1.54) is 6.20 Å². The largest absolute Gasteiger partial charge is 0.264 e. The van der Waals surface area contributed by atoms with E-state index in [-0.39, 0.29) is 5.56 Å². The van der Waals surface area contributed by atoms with Crippen LogP contribution >= 0.6 is 0 Å². The molecule has 1 saturated carbocycles. The molecule has 0 atom stereocenters. The highest BCUT2D eigenvalue weighted by molar-refractivity contribution is 7.90. The molecule has 1 heterocycles. The summed E-state index contributed by atoms with van der Waals surface area (Å²) in [7, 11) is -3.81. The molecule has 122 valence electrons. The van der Waals surface area contributed by atoms with Crippen LogP contribution in [0.3, 0.4) is 0 Å². The summed E-state index contributed by atoms with van der Waals surface area (Å²) in [4.78, 5) is 3.41. The molecule has 3 nitrogen and oxygen atoms in total. The maximum atomic E-state index is 14.5. The maximum absolute atomic E-state index is 14.5. The molecule has 3 rings (SSSR count). The maximum Gasteiger partial charge on any atom is 0.178 e. The number of pyridine rings is 1. The van der Waals surface area contributed by atoms with Gasteiger partial charge in [-0.1, -0.05) is 12.8 Å². The summed E-state index contributed by atoms with van der Waals surface area (Å²) in [5.74, 6) is -1.38. The summed E-state index contributed by atoms with van der Waals surface area (Å²) >= 11 is 0. The summed E-state index contributed by atoms with van der Waals surface area (Å²) in [6.07, 6.45) is 8.30. The predicted octanol–water partition coefficient (Wildman–Crippen LogP) is 4.09. The fourth-order valence-corrected chi connectivity index (χ4v) is 3.97. The average molecular weight is 337 g/mol. The first-order chi connectivity index (χ1) is 10.9. The fraction of sp³-hybridized carbons (Fsp3) is 0.353. The van der Waals surface area contributed by atoms with E-state index < -0.39 is 26.4 Å². The van der Waals surface area contributed by atoms with Crippen molar-refractivity contribution in [1.82, 2.24) is 4.98 Å². The van der Waals surface area contributed by atoms with Crippen LogP contribution in [0.5, 0.6) is 0 Å². The Morgan fingerprint density at radius 1 is 1.09 bits per heavy atom. The van der Waals surface area contributed by atoms with E-state index in [1.807, 2.05) is 6.07 Å². The molecule has 0 bridgehead atoms. The Bertz CT molecular complexity index is 844. The highest BCUT2D eigenvalue weighted by Gasteiger charge is 2.24. The SMILES string of the molecule is CS(=O)(=O)c1cc(F)c(-c2cnccc2C2CCCC2)cc1F. The molecule has 1 aliphatic carbocycles. The molecule has 0 amide bonds. The van der Waals surface area contributed by atoms with Crippen LogP contribution in [0.2, 0.25) is 0 Å². The van der Waals surface area contributed by atoms with Crippen LogP contribution in [0, 0.1) is 11.6 Å². The first-order valence-electron chi connectivity index (χ1n) is 7.51. The first-order valence-corrected chi connectivity index (χ1v) is 9.40. The molecular formula is C17H17F2NO2S. The van der Waals surface area contributed by atoms with Crippen molar-refractivity contribution in [2.45, 2.75) is 36.5 Å². The summed E-state index contributed by atoms with van der Waals surface area (Å²) in [5.41, 5.74) is 1.55. The van der Waals surface area contributed by atoms with E-state index in [9.17, 15) is 17.2 Å². The third kappa shape index (κ3) is 3.13. The number of hydrogen-bond donors (Lipinski definition) is 0. The van der Waals surface area contributed by atoms with Gasteiger partial charge in [0, 0.05) is 29.8 Å². The van der Waals surface area contributed by atoms with Gasteiger partial charge >= 0.3 is 0 Å². The molecule has 0 saturated heterocycles. The number of halogens is 2. The minimum Gasteiger partial charge on any atom is -0.264 e. The van der Waals surface area contributed by atoms with Gasteiger partial charge in [0.25, 0.3) is 0 Å². The predicted molar refractivity (Wildman–Crippen MR) is 83.9 cm³/mol. The lowest BCUT2D eigenvalue weighted by Crippen LogP contribution is -2.04. The lowest BCUT2D eigenvalue weighted by Gasteiger charge is -2.16. The zero-order chi connectivity index (χ0) is 16.6. The third-order valence-corrected chi connectivity index (χ3v) is 5.47. The van der Waals surface area contributed by atoms with Crippen molar-refractivity contribution in [3.8, 4) is 11.1 Å². The fourth-order valence-electron chi connectivity index (χ4n) is 3.24. The molecule has 2 aromatic rings. The van der Waals surface area contributed by atoms with E-state index >= 15 is 0 Å². The summed E-state index contributed by atoms with van der Waals surface area (Å²) in [5, 5.41) is 0. The van der Waals surface area contributed by atoms with Crippen molar-refractivity contribution in [3.63, 3.8) is 0 Å². The Morgan fingerprint density at radius 3 is 2.43 bits per heavy atom. The molecule has 0 aliphatic heterocycles. The Balaban J connectivity index is 2.15. The monoisotopic (exact) mass is 337 g/mol. The summed E-state index contributed by atoms with van der Waals surface area (Å²) in [6, 6.07) is 3.56. The van der Waals surface area contributed by atoms with Crippen molar-refractivity contribution in [1.29, 1.82) is 0 Å². The zero-order valence-corrected chi connectivity index (χ0v) is 13.5. The average Bonchev–Trinajstić information content (AvgIpc) is 3.02. The van der Waals surface area contributed by atoms with Gasteiger partial charge in [0.2, 0.25) is 0 Å². The number of hydrogen-bond acceptors (Lipinski definition) is 3. The second-order valence-electron chi connectivity index (χ2n) is 5.98. The number of rotatable bonds is 3.